The monoisotopic (exact) mass is 1430 g/mol. The Balaban J connectivity index is 0.00000224. The van der Waals surface area contributed by atoms with Crippen LogP contribution in [0, 0.1) is 17.6 Å². The van der Waals surface area contributed by atoms with Gasteiger partial charge in [0.05, 0.1) is 6.16 Å². The Morgan fingerprint density at radius 1 is 0.330 bits per heavy atom. The number of halogens is 32. The first-order valence-corrected chi connectivity index (χ1v) is 34.2. The molecular formula is C57H82AlF32P. The molecule has 91 heavy (non-hydrogen) atoms. The van der Waals surface area contributed by atoms with Crippen LogP contribution in [0.15, 0.2) is 18.2 Å². The first kappa shape index (κ1) is 88.9. The van der Waals surface area contributed by atoms with Gasteiger partial charge >= 0.3 is 78.0 Å². The van der Waals surface area contributed by atoms with Crippen molar-refractivity contribution in [1.29, 1.82) is 0 Å². The van der Waals surface area contributed by atoms with Crippen molar-refractivity contribution in [3.05, 3.63) is 29.8 Å². The van der Waals surface area contributed by atoms with Gasteiger partial charge in [0.2, 0.25) is 5.82 Å². The summed E-state index contributed by atoms with van der Waals surface area (Å²) >= 11 is -13.7. The lowest BCUT2D eigenvalue weighted by Gasteiger charge is -2.61. The maximum Gasteiger partial charge on any atom is 0.540 e. The quantitative estimate of drug-likeness (QED) is 0.0264. The molecule has 542 valence electrons. The lowest BCUT2D eigenvalue weighted by molar-refractivity contribution is -0.350. The first-order valence-electron chi connectivity index (χ1n) is 30.2. The summed E-state index contributed by atoms with van der Waals surface area (Å²) < 4.78 is 496. The molecule has 0 N–H and O–H groups in total. The zero-order valence-electron chi connectivity index (χ0n) is 51.3. The average molecular weight is 1430 g/mol. The zero-order valence-corrected chi connectivity index (χ0v) is 53.4. The lowest BCUT2D eigenvalue weighted by atomic mass is 10.0. The maximum atomic E-state index is 16.6. The van der Waals surface area contributed by atoms with E-state index in [9.17, 15) is 26.3 Å². The van der Waals surface area contributed by atoms with Gasteiger partial charge in [-0.2, -0.15) is 101 Å². The van der Waals surface area contributed by atoms with E-state index in [1.165, 1.54) is 34.6 Å². The van der Waals surface area contributed by atoms with Crippen LogP contribution in [0.25, 0.3) is 0 Å². The second kappa shape index (κ2) is 33.9. The van der Waals surface area contributed by atoms with Crippen molar-refractivity contribution in [2.45, 2.75) is 306 Å². The van der Waals surface area contributed by atoms with Crippen LogP contribution in [0.4, 0.5) is 140 Å². The van der Waals surface area contributed by atoms with E-state index in [1.54, 1.807) is 13.8 Å². The third-order valence-corrected chi connectivity index (χ3v) is 25.3. The van der Waals surface area contributed by atoms with Gasteiger partial charge in [0.1, 0.15) is 13.2 Å². The van der Waals surface area contributed by atoms with E-state index >= 15 is 114 Å². The van der Waals surface area contributed by atoms with Crippen LogP contribution in [0.1, 0.15) is 222 Å². The molecule has 0 aliphatic heterocycles. The lowest BCUT2D eigenvalue weighted by Crippen LogP contribution is -2.96. The van der Waals surface area contributed by atoms with E-state index in [4.69, 9.17) is 0 Å². The van der Waals surface area contributed by atoms with Gasteiger partial charge in [-0.25, -0.2) is 4.39 Å². The standard InChI is InChI=1S/C21H29F8P.4C9H13F6.Al/c1-4-6-7-8-13-19(24,25)20(26,27)21(28,29)30(14-15(3)10-5-2)17-12-9-11-16(22)18(17)23;4*1-2-3-4-5-6-8(12,13)9(14,15)7(10)11;/h9,11-12,15H,4-8,10,13-14H2,1-3H3;4*2-6H2,1H3;/q;;;;;-1/p+1. The van der Waals surface area contributed by atoms with Crippen molar-refractivity contribution in [2.24, 2.45) is 5.92 Å². The number of hydrogen-bond acceptors (Lipinski definition) is 0. The fourth-order valence-electron chi connectivity index (χ4n) is 10.6. The summed E-state index contributed by atoms with van der Waals surface area (Å²) in [5.41, 5.74) is -5.18. The number of alkyl halides is 30. The predicted octanol–water partition coefficient (Wildman–Crippen LogP) is 25.2. The first-order chi connectivity index (χ1) is 41.1. The Hall–Kier alpha value is -2.06. The van der Waals surface area contributed by atoms with Gasteiger partial charge in [-0.15, -0.1) is 0 Å². The highest BCUT2D eigenvalue weighted by Gasteiger charge is 3.07. The van der Waals surface area contributed by atoms with Crippen molar-refractivity contribution >= 4 is 26.3 Å². The van der Waals surface area contributed by atoms with Gasteiger partial charge in [0, 0.05) is 32.1 Å². The minimum atomic E-state index is -13.7. The molecule has 0 spiro atoms. The second-order valence-electron chi connectivity index (χ2n) is 23.6. The molecule has 0 saturated carbocycles. The summed E-state index contributed by atoms with van der Waals surface area (Å²) in [6, 6.07) is 2.40. The molecule has 1 rings (SSSR count). The van der Waals surface area contributed by atoms with Crippen LogP contribution in [0.2, 0.25) is 0 Å². The van der Waals surface area contributed by atoms with E-state index in [1.807, 2.05) is 0 Å². The molecule has 1 aromatic carbocycles. The minimum Gasteiger partial charge on any atom is -0.253 e. The van der Waals surface area contributed by atoms with Gasteiger partial charge in [-0.3, -0.25) is 35.1 Å². The average Bonchev–Trinajstić information content (AvgIpc) is 0.643. The Bertz CT molecular complexity index is 2070. The van der Waals surface area contributed by atoms with Crippen molar-refractivity contribution in [3.8, 4) is 0 Å². The molecule has 0 aliphatic rings. The van der Waals surface area contributed by atoms with Gasteiger partial charge in [-0.05, 0) is 56.6 Å². The van der Waals surface area contributed by atoms with Crippen molar-refractivity contribution in [1.82, 2.24) is 0 Å². The fraction of sp³-hybridized carbons (Fsp3) is 0.895. The molecule has 0 aromatic heterocycles. The Morgan fingerprint density at radius 3 is 0.802 bits per heavy atom. The van der Waals surface area contributed by atoms with E-state index in [0.717, 1.165) is 12.1 Å². The highest BCUT2D eigenvalue weighted by Crippen LogP contribution is 2.73. The number of benzene rings is 1. The highest BCUT2D eigenvalue weighted by molar-refractivity contribution is 7.66. The third kappa shape index (κ3) is 18.0. The van der Waals surface area contributed by atoms with E-state index in [-0.39, 0.29) is 64.2 Å². The maximum absolute atomic E-state index is 16.6. The van der Waals surface area contributed by atoms with Crippen LogP contribution in [0.5, 0.6) is 0 Å². The van der Waals surface area contributed by atoms with Gasteiger partial charge in [0.15, 0.2) is 25.0 Å². The van der Waals surface area contributed by atoms with Gasteiger partial charge in [0.25, 0.3) is 0 Å². The molecule has 0 aliphatic carbocycles. The molecule has 2 unspecified atom stereocenters. The van der Waals surface area contributed by atoms with Crippen LogP contribution < -0.4 is 5.30 Å². The van der Waals surface area contributed by atoms with Gasteiger partial charge in [-0.1, -0.05) is 157 Å². The topological polar surface area (TPSA) is 0 Å². The Kier molecular flexibility index (Phi) is 33.2. The molecule has 0 fully saturated rings. The normalized spacial score (nSPS) is 15.5. The highest BCUT2D eigenvalue weighted by atomic mass is 31.1. The molecule has 0 amide bonds. The molecule has 0 bridgehead atoms. The molecule has 1 aromatic rings. The second-order valence-corrected chi connectivity index (χ2v) is 30.7. The predicted molar refractivity (Wildman–Crippen MR) is 287 cm³/mol. The molecule has 2 atom stereocenters. The van der Waals surface area contributed by atoms with Crippen LogP contribution in [-0.4, -0.2) is 103 Å². The molecule has 0 nitrogen and oxygen atoms in total. The summed E-state index contributed by atoms with van der Waals surface area (Å²) in [7, 11) is -3.92. The van der Waals surface area contributed by atoms with Gasteiger partial charge < -0.3 is 0 Å². The third-order valence-electron chi connectivity index (χ3n) is 16.3. The smallest absolute Gasteiger partial charge is 0.253 e. The van der Waals surface area contributed by atoms with Crippen LogP contribution in [-0.2, 0) is 0 Å². The minimum absolute atomic E-state index is 0.0363. The summed E-state index contributed by atoms with van der Waals surface area (Å²) in [6.45, 7) is 10.1. The molecular weight excluding hydrogens is 1350 g/mol. The summed E-state index contributed by atoms with van der Waals surface area (Å²) in [5.74, 6) is -78.2. The Morgan fingerprint density at radius 2 is 0.571 bits per heavy atom. The molecule has 0 heterocycles. The summed E-state index contributed by atoms with van der Waals surface area (Å²) in [5, 5.41) is -0.908. The summed E-state index contributed by atoms with van der Waals surface area (Å²) in [6.07, 6.45) is -22.9. The number of rotatable bonds is 45. The summed E-state index contributed by atoms with van der Waals surface area (Å²) in [4.78, 5) is -38.8. The van der Waals surface area contributed by atoms with E-state index in [2.05, 4.69) is 0 Å². The number of hydrogen-bond donors (Lipinski definition) is 0. The van der Waals surface area contributed by atoms with E-state index < -0.39 is 218 Å². The zero-order chi connectivity index (χ0) is 71.8. The van der Waals surface area contributed by atoms with Crippen molar-refractivity contribution in [3.63, 3.8) is 0 Å². The number of unbranched alkanes of at least 4 members (excludes halogenated alkanes) is 15. The molecule has 34 heteroatoms. The van der Waals surface area contributed by atoms with Crippen molar-refractivity contribution < 1.29 is 140 Å². The van der Waals surface area contributed by atoms with Crippen molar-refractivity contribution in [2.75, 3.05) is 6.16 Å². The largest absolute Gasteiger partial charge is 0.540 e. The fourth-order valence-corrected chi connectivity index (χ4v) is 19.3. The van der Waals surface area contributed by atoms with E-state index in [0.29, 0.717) is 31.7 Å². The van der Waals surface area contributed by atoms with Crippen LogP contribution in [0.3, 0.4) is 0 Å². The SMILES string of the molecule is CCCCCCC(F)(F)C(F)(F)C(F)(F)[PH+](CC(C)CCC)c1cccc(F)c1F.CCCCCCC(F)(F)C(F)(F)[C](F)(F)[Al-]([C](F)(F)C(F)(F)C(F)(F)CCCCCC)([C](F)(F)C(F)(F)C(F)(F)CCCCCC)[C](F)(F)C(F)(F)C(F)(F)CCCCCC. The molecule has 0 saturated heterocycles. The van der Waals surface area contributed by atoms with Crippen LogP contribution >= 0.6 is 7.92 Å². The molecule has 0 radical (unpaired) electrons. The Labute approximate surface area is 513 Å².